The van der Waals surface area contributed by atoms with Crippen molar-refractivity contribution in [3.63, 3.8) is 0 Å². The highest BCUT2D eigenvalue weighted by Crippen LogP contribution is 2.35. The largest absolute Gasteiger partial charge is 0.494 e. The molecule has 0 bridgehead atoms. The Morgan fingerprint density at radius 3 is 2.51 bits per heavy atom. The van der Waals surface area contributed by atoms with E-state index in [0.29, 0.717) is 18.1 Å². The summed E-state index contributed by atoms with van der Waals surface area (Å²) in [5, 5.41) is 6.51. The number of hydrazone groups is 1. The molecule has 1 fully saturated rings. The number of hydrogen-bond donors (Lipinski definition) is 2. The first-order valence-electron chi connectivity index (χ1n) is 13.0. The molecule has 1 aliphatic carbocycles. The predicted molar refractivity (Wildman–Crippen MR) is 151 cm³/mol. The SMILES string of the molecule is CC.COc1cnc(C(F)F)cc1-c1cc(-n2ccc(C(F)(F)F)cc2=O)ncc1C(=O)NC1=NNC(C#CC2CC2)S1. The lowest BCUT2D eigenvalue weighted by atomic mass is 10.00. The smallest absolute Gasteiger partial charge is 0.416 e. The van der Waals surface area contributed by atoms with E-state index >= 15 is 0 Å². The summed E-state index contributed by atoms with van der Waals surface area (Å²) < 4.78 is 72.4. The Morgan fingerprint density at radius 2 is 1.88 bits per heavy atom. The van der Waals surface area contributed by atoms with Crippen molar-refractivity contribution in [2.75, 3.05) is 7.11 Å². The van der Waals surface area contributed by atoms with Crippen LogP contribution in [0.5, 0.6) is 5.75 Å². The molecule has 0 spiro atoms. The number of alkyl halides is 5. The number of thioether (sulfide) groups is 1. The molecule has 0 radical (unpaired) electrons. The number of pyridine rings is 3. The second-order valence-corrected chi connectivity index (χ2v) is 9.97. The van der Waals surface area contributed by atoms with Crippen LogP contribution in [0.25, 0.3) is 16.9 Å². The Morgan fingerprint density at radius 1 is 1.14 bits per heavy atom. The molecule has 226 valence electrons. The molecule has 9 nitrogen and oxygen atoms in total. The van der Waals surface area contributed by atoms with Crippen LogP contribution in [0.4, 0.5) is 22.0 Å². The molecule has 0 saturated heterocycles. The highest BCUT2D eigenvalue weighted by Gasteiger charge is 2.31. The van der Waals surface area contributed by atoms with Crippen molar-refractivity contribution >= 4 is 22.8 Å². The topological polar surface area (TPSA) is 111 Å². The highest BCUT2D eigenvalue weighted by molar-refractivity contribution is 8.14. The second-order valence-electron chi connectivity index (χ2n) is 8.88. The van der Waals surface area contributed by atoms with Crippen LogP contribution < -0.4 is 21.0 Å². The zero-order chi connectivity index (χ0) is 31.3. The first-order chi connectivity index (χ1) is 20.5. The molecule has 5 rings (SSSR count). The maximum Gasteiger partial charge on any atom is 0.416 e. The molecule has 4 heterocycles. The normalized spacial score (nSPS) is 15.8. The van der Waals surface area contributed by atoms with E-state index in [1.807, 2.05) is 13.8 Å². The number of amides is 1. The second kappa shape index (κ2) is 13.2. The standard InChI is InChI=1S/C26H19F5N6O3S.C2H6/c1-40-19-12-32-18(23(27)28)9-16(19)15-10-20(37-7-6-14(8-22(37)38)26(29,30)31)33-11-17(15)24(39)34-25-36-35-21(41-25)5-4-13-2-3-13;1-2/h6-13,21,23,35H,2-3H2,1H3,(H,34,36,39);1-2H3. The van der Waals surface area contributed by atoms with Gasteiger partial charge >= 0.3 is 6.18 Å². The quantitative estimate of drug-likeness (QED) is 0.292. The van der Waals surface area contributed by atoms with Crippen LogP contribution in [0, 0.1) is 17.8 Å². The van der Waals surface area contributed by atoms with Crippen LogP contribution in [0.1, 0.15) is 54.7 Å². The van der Waals surface area contributed by atoms with E-state index in [9.17, 15) is 31.5 Å². The third-order valence-corrected chi connectivity index (χ3v) is 6.85. The van der Waals surface area contributed by atoms with Gasteiger partial charge in [-0.15, -0.1) is 0 Å². The number of methoxy groups -OCH3 is 1. The summed E-state index contributed by atoms with van der Waals surface area (Å²) in [6, 6.07) is 3.31. The molecule has 1 saturated carbocycles. The van der Waals surface area contributed by atoms with Crippen molar-refractivity contribution < 1.29 is 31.5 Å². The van der Waals surface area contributed by atoms with Gasteiger partial charge in [-0.05, 0) is 42.8 Å². The van der Waals surface area contributed by atoms with Gasteiger partial charge in [0.05, 0.1) is 24.4 Å². The van der Waals surface area contributed by atoms with Crippen molar-refractivity contribution in [1.29, 1.82) is 0 Å². The van der Waals surface area contributed by atoms with Gasteiger partial charge in [0.25, 0.3) is 17.9 Å². The van der Waals surface area contributed by atoms with Crippen LogP contribution in [0.15, 0.2) is 52.8 Å². The molecule has 2 aliphatic rings. The number of ether oxygens (including phenoxy) is 1. The molecule has 1 atom stereocenters. The maximum absolute atomic E-state index is 13.5. The summed E-state index contributed by atoms with van der Waals surface area (Å²) in [6.07, 6.45) is -2.61. The molecule has 2 N–H and O–H groups in total. The van der Waals surface area contributed by atoms with Crippen LogP contribution in [-0.4, -0.2) is 38.1 Å². The summed E-state index contributed by atoms with van der Waals surface area (Å²) in [7, 11) is 1.27. The lowest BCUT2D eigenvalue weighted by Crippen LogP contribution is -2.28. The average molecular weight is 621 g/mol. The number of rotatable bonds is 5. The number of carbonyl (C=O) groups excluding carboxylic acids is 1. The number of nitrogens with one attached hydrogen (secondary N) is 2. The zero-order valence-corrected chi connectivity index (χ0v) is 23.8. The summed E-state index contributed by atoms with van der Waals surface area (Å²) in [5.74, 6) is 5.62. The molecule has 3 aromatic rings. The zero-order valence-electron chi connectivity index (χ0n) is 23.0. The van der Waals surface area contributed by atoms with Gasteiger partial charge in [-0.2, -0.15) is 18.3 Å². The number of hydrogen-bond acceptors (Lipinski definition) is 8. The first-order valence-corrected chi connectivity index (χ1v) is 13.9. The molecular formula is C28H25F5N6O3S. The van der Waals surface area contributed by atoms with E-state index in [1.54, 1.807) is 0 Å². The lowest BCUT2D eigenvalue weighted by molar-refractivity contribution is -0.137. The van der Waals surface area contributed by atoms with Crippen molar-refractivity contribution in [3.05, 3.63) is 70.0 Å². The fourth-order valence-electron chi connectivity index (χ4n) is 3.76. The maximum atomic E-state index is 13.5. The van der Waals surface area contributed by atoms with Gasteiger partial charge in [0.1, 0.15) is 17.3 Å². The number of amidine groups is 1. The van der Waals surface area contributed by atoms with E-state index in [1.165, 1.54) is 24.9 Å². The fourth-order valence-corrected chi connectivity index (χ4v) is 4.47. The average Bonchev–Trinajstić information content (AvgIpc) is 3.72. The van der Waals surface area contributed by atoms with Crippen molar-refractivity contribution in [1.82, 2.24) is 25.3 Å². The summed E-state index contributed by atoms with van der Waals surface area (Å²) in [4.78, 5) is 33.7. The highest BCUT2D eigenvalue weighted by atomic mass is 32.2. The third kappa shape index (κ3) is 7.50. The third-order valence-electron chi connectivity index (χ3n) is 5.98. The Hall–Kier alpha value is -4.45. The molecule has 1 aliphatic heterocycles. The molecular weight excluding hydrogens is 595 g/mol. The van der Waals surface area contributed by atoms with E-state index in [2.05, 4.69) is 37.7 Å². The van der Waals surface area contributed by atoms with Crippen molar-refractivity contribution in [3.8, 4) is 34.5 Å². The van der Waals surface area contributed by atoms with Gasteiger partial charge in [0.2, 0.25) is 0 Å². The van der Waals surface area contributed by atoms with Crippen LogP contribution in [0.2, 0.25) is 0 Å². The van der Waals surface area contributed by atoms with Crippen molar-refractivity contribution in [2.45, 2.75) is 44.7 Å². The minimum Gasteiger partial charge on any atom is -0.494 e. The van der Waals surface area contributed by atoms with Gasteiger partial charge < -0.3 is 4.74 Å². The summed E-state index contributed by atoms with van der Waals surface area (Å²) in [6.45, 7) is 4.00. The van der Waals surface area contributed by atoms with Gasteiger partial charge in [-0.1, -0.05) is 25.7 Å². The van der Waals surface area contributed by atoms with E-state index in [0.717, 1.165) is 42.1 Å². The fraction of sp³-hybridized carbons (Fsp3) is 0.321. The Bertz CT molecular complexity index is 1660. The monoisotopic (exact) mass is 620 g/mol. The van der Waals surface area contributed by atoms with E-state index < -0.39 is 35.3 Å². The molecule has 1 amide bonds. The number of halogens is 5. The van der Waals surface area contributed by atoms with Crippen LogP contribution in [-0.2, 0) is 6.18 Å². The number of nitrogens with zero attached hydrogens (tertiary/aromatic N) is 4. The van der Waals surface area contributed by atoms with E-state index in [-0.39, 0.29) is 38.8 Å². The molecule has 43 heavy (non-hydrogen) atoms. The minimum absolute atomic E-state index is 0.00193. The summed E-state index contributed by atoms with van der Waals surface area (Å²) in [5.41, 5.74) is -0.124. The van der Waals surface area contributed by atoms with Crippen molar-refractivity contribution in [2.24, 2.45) is 11.0 Å². The minimum atomic E-state index is -4.74. The van der Waals surface area contributed by atoms with Crippen LogP contribution >= 0.6 is 11.8 Å². The lowest BCUT2D eigenvalue weighted by Gasteiger charge is -2.16. The van der Waals surface area contributed by atoms with E-state index in [4.69, 9.17) is 4.74 Å². The molecule has 3 aromatic heterocycles. The van der Waals surface area contributed by atoms with Gasteiger partial charge in [-0.3, -0.25) is 29.9 Å². The molecule has 15 heteroatoms. The van der Waals surface area contributed by atoms with Gasteiger partial charge in [-0.25, -0.2) is 13.8 Å². The predicted octanol–water partition coefficient (Wildman–Crippen LogP) is 5.36. The molecule has 0 aromatic carbocycles. The summed E-state index contributed by atoms with van der Waals surface area (Å²) >= 11 is 1.17. The van der Waals surface area contributed by atoms with Gasteiger partial charge in [0.15, 0.2) is 10.5 Å². The van der Waals surface area contributed by atoms with Gasteiger partial charge in [0, 0.05) is 35.5 Å². The Labute approximate surface area is 247 Å². The number of carbonyl (C=O) groups is 1. The van der Waals surface area contributed by atoms with Crippen LogP contribution in [0.3, 0.4) is 0 Å². The molecule has 1 unspecified atom stereocenters. The number of aromatic nitrogens is 3. The first kappa shape index (κ1) is 31.5. The Balaban J connectivity index is 0.00000207. The Kier molecular flexibility index (Phi) is 9.70.